The standard InChI is InChI=1S/C16H24N6O2/c1-10(14-20-19-11-6-5-9-22(11)14)17-12(23)7-8-13-18-15(21-24-13)16(2,3)4/h10H,5-9H2,1-4H3,(H,17,23)/t10-/m0/s1. The summed E-state index contributed by atoms with van der Waals surface area (Å²) in [5.41, 5.74) is -0.160. The number of rotatable bonds is 5. The molecule has 3 heterocycles. The lowest BCUT2D eigenvalue weighted by atomic mass is 9.96. The van der Waals surface area contributed by atoms with Crippen LogP contribution >= 0.6 is 0 Å². The fraction of sp³-hybridized carbons (Fsp3) is 0.688. The fourth-order valence-corrected chi connectivity index (χ4v) is 2.75. The van der Waals surface area contributed by atoms with E-state index in [4.69, 9.17) is 4.52 Å². The smallest absolute Gasteiger partial charge is 0.227 e. The van der Waals surface area contributed by atoms with Gasteiger partial charge in [-0.3, -0.25) is 4.79 Å². The summed E-state index contributed by atoms with van der Waals surface area (Å²) in [6, 6.07) is -0.162. The van der Waals surface area contributed by atoms with Crippen LogP contribution in [-0.2, 0) is 29.6 Å². The van der Waals surface area contributed by atoms with Crippen molar-refractivity contribution in [1.82, 2.24) is 30.2 Å². The van der Waals surface area contributed by atoms with Crippen LogP contribution in [0.15, 0.2) is 4.52 Å². The van der Waals surface area contributed by atoms with Crippen molar-refractivity contribution in [3.05, 3.63) is 23.4 Å². The molecule has 0 spiro atoms. The van der Waals surface area contributed by atoms with Crippen LogP contribution in [0.2, 0.25) is 0 Å². The van der Waals surface area contributed by atoms with Gasteiger partial charge >= 0.3 is 0 Å². The number of fused-ring (bicyclic) bond motifs is 1. The second-order valence-corrected chi connectivity index (χ2v) is 7.28. The molecule has 24 heavy (non-hydrogen) atoms. The number of nitrogens with zero attached hydrogens (tertiary/aromatic N) is 5. The average Bonchev–Trinajstić information content (AvgIpc) is 3.20. The zero-order chi connectivity index (χ0) is 17.3. The van der Waals surface area contributed by atoms with E-state index in [9.17, 15) is 4.79 Å². The van der Waals surface area contributed by atoms with Crippen molar-refractivity contribution in [2.75, 3.05) is 0 Å². The summed E-state index contributed by atoms with van der Waals surface area (Å²) < 4.78 is 7.31. The van der Waals surface area contributed by atoms with Gasteiger partial charge in [-0.05, 0) is 13.3 Å². The SMILES string of the molecule is C[C@H](NC(=O)CCc1nc(C(C)(C)C)no1)c1nnc2n1CCC2. The Morgan fingerprint density at radius 2 is 2.17 bits per heavy atom. The van der Waals surface area contributed by atoms with Crippen LogP contribution in [0.5, 0.6) is 0 Å². The topological polar surface area (TPSA) is 98.7 Å². The highest BCUT2D eigenvalue weighted by Gasteiger charge is 2.23. The van der Waals surface area contributed by atoms with E-state index in [1.165, 1.54) is 0 Å². The summed E-state index contributed by atoms with van der Waals surface area (Å²) in [5.74, 6) is 2.92. The molecule has 130 valence electrons. The second kappa shape index (κ2) is 6.33. The molecule has 0 radical (unpaired) electrons. The maximum absolute atomic E-state index is 12.2. The van der Waals surface area contributed by atoms with E-state index in [1.54, 1.807) is 0 Å². The van der Waals surface area contributed by atoms with Gasteiger partial charge in [0.05, 0.1) is 6.04 Å². The van der Waals surface area contributed by atoms with Gasteiger partial charge in [-0.1, -0.05) is 25.9 Å². The number of hydrogen-bond acceptors (Lipinski definition) is 6. The number of aromatic nitrogens is 5. The van der Waals surface area contributed by atoms with E-state index < -0.39 is 0 Å². The minimum Gasteiger partial charge on any atom is -0.346 e. The molecule has 1 N–H and O–H groups in total. The highest BCUT2D eigenvalue weighted by atomic mass is 16.5. The molecular formula is C16H24N6O2. The van der Waals surface area contributed by atoms with Crippen molar-refractivity contribution in [3.63, 3.8) is 0 Å². The van der Waals surface area contributed by atoms with E-state index in [1.807, 2.05) is 27.7 Å². The number of hydrogen-bond donors (Lipinski definition) is 1. The maximum Gasteiger partial charge on any atom is 0.227 e. The summed E-state index contributed by atoms with van der Waals surface area (Å²) in [6.07, 6.45) is 2.78. The van der Waals surface area contributed by atoms with Gasteiger partial charge in [-0.2, -0.15) is 4.98 Å². The molecule has 1 aliphatic heterocycles. The third-order valence-corrected chi connectivity index (χ3v) is 4.11. The molecule has 2 aromatic rings. The Kier molecular flexibility index (Phi) is 4.38. The Bertz CT molecular complexity index is 727. The summed E-state index contributed by atoms with van der Waals surface area (Å²) in [4.78, 5) is 16.5. The number of carbonyl (C=O) groups is 1. The van der Waals surface area contributed by atoms with Gasteiger partial charge in [0.1, 0.15) is 5.82 Å². The van der Waals surface area contributed by atoms with E-state index >= 15 is 0 Å². The first kappa shape index (κ1) is 16.6. The summed E-state index contributed by atoms with van der Waals surface area (Å²) in [6.45, 7) is 8.92. The lowest BCUT2D eigenvalue weighted by Crippen LogP contribution is -2.28. The quantitative estimate of drug-likeness (QED) is 0.895. The van der Waals surface area contributed by atoms with Crippen molar-refractivity contribution in [1.29, 1.82) is 0 Å². The highest BCUT2D eigenvalue weighted by molar-refractivity contribution is 5.76. The van der Waals surface area contributed by atoms with Crippen LogP contribution in [0.4, 0.5) is 0 Å². The maximum atomic E-state index is 12.2. The summed E-state index contributed by atoms with van der Waals surface area (Å²) in [7, 11) is 0. The van der Waals surface area contributed by atoms with Gasteiger partial charge in [0.2, 0.25) is 11.8 Å². The first-order valence-corrected chi connectivity index (χ1v) is 8.39. The minimum absolute atomic E-state index is 0.0617. The summed E-state index contributed by atoms with van der Waals surface area (Å²) in [5, 5.41) is 15.3. The first-order chi connectivity index (χ1) is 11.3. The number of carbonyl (C=O) groups excluding carboxylic acids is 1. The predicted molar refractivity (Wildman–Crippen MR) is 86.2 cm³/mol. The van der Waals surface area contributed by atoms with E-state index in [2.05, 4.69) is 30.2 Å². The van der Waals surface area contributed by atoms with Crippen molar-refractivity contribution in [2.24, 2.45) is 0 Å². The third kappa shape index (κ3) is 3.47. The largest absolute Gasteiger partial charge is 0.346 e. The molecular weight excluding hydrogens is 308 g/mol. The van der Waals surface area contributed by atoms with E-state index in [-0.39, 0.29) is 17.4 Å². The third-order valence-electron chi connectivity index (χ3n) is 4.11. The van der Waals surface area contributed by atoms with Gasteiger partial charge in [-0.15, -0.1) is 10.2 Å². The van der Waals surface area contributed by atoms with Crippen LogP contribution in [0.25, 0.3) is 0 Å². The number of nitrogens with one attached hydrogen (secondary N) is 1. The molecule has 0 saturated heterocycles. The summed E-state index contributed by atoms with van der Waals surface area (Å²) >= 11 is 0. The second-order valence-electron chi connectivity index (χ2n) is 7.28. The molecule has 1 atom stereocenters. The average molecular weight is 332 g/mol. The van der Waals surface area contributed by atoms with Crippen LogP contribution in [-0.4, -0.2) is 30.8 Å². The monoisotopic (exact) mass is 332 g/mol. The zero-order valence-electron chi connectivity index (χ0n) is 14.7. The Morgan fingerprint density at radius 3 is 2.88 bits per heavy atom. The lowest BCUT2D eigenvalue weighted by Gasteiger charge is -2.13. The zero-order valence-corrected chi connectivity index (χ0v) is 14.7. The van der Waals surface area contributed by atoms with Crippen molar-refractivity contribution in [3.8, 4) is 0 Å². The normalized spacial score (nSPS) is 15.3. The number of aryl methyl sites for hydroxylation is 2. The van der Waals surface area contributed by atoms with Crippen LogP contribution < -0.4 is 5.32 Å². The van der Waals surface area contributed by atoms with Crippen LogP contribution in [0, 0.1) is 0 Å². The van der Waals surface area contributed by atoms with Crippen molar-refractivity contribution >= 4 is 5.91 Å². The van der Waals surface area contributed by atoms with Gasteiger partial charge in [-0.25, -0.2) is 0 Å². The lowest BCUT2D eigenvalue weighted by molar-refractivity contribution is -0.121. The number of amides is 1. The van der Waals surface area contributed by atoms with Gasteiger partial charge in [0.25, 0.3) is 0 Å². The molecule has 0 saturated carbocycles. The predicted octanol–water partition coefficient (Wildman–Crippen LogP) is 1.71. The molecule has 0 unspecified atom stereocenters. The molecule has 1 aliphatic rings. The Hall–Kier alpha value is -2.25. The van der Waals surface area contributed by atoms with E-state index in [0.717, 1.165) is 31.0 Å². The molecule has 0 fully saturated rings. The molecule has 0 bridgehead atoms. The van der Waals surface area contributed by atoms with Gasteiger partial charge in [0, 0.05) is 31.2 Å². The highest BCUT2D eigenvalue weighted by Crippen LogP contribution is 2.20. The molecule has 3 rings (SSSR count). The molecule has 1 amide bonds. The minimum atomic E-state index is -0.162. The molecule has 8 heteroatoms. The Labute approximate surface area is 141 Å². The molecule has 8 nitrogen and oxygen atoms in total. The molecule has 2 aromatic heterocycles. The molecule has 0 aromatic carbocycles. The van der Waals surface area contributed by atoms with Crippen molar-refractivity contribution in [2.45, 2.75) is 71.4 Å². The van der Waals surface area contributed by atoms with Gasteiger partial charge < -0.3 is 14.4 Å². The van der Waals surface area contributed by atoms with Gasteiger partial charge in [0.15, 0.2) is 11.6 Å². The van der Waals surface area contributed by atoms with Crippen LogP contribution in [0.1, 0.15) is 69.9 Å². The van der Waals surface area contributed by atoms with E-state index in [0.29, 0.717) is 24.6 Å². The Balaban J connectivity index is 1.53. The Morgan fingerprint density at radius 1 is 1.38 bits per heavy atom. The van der Waals surface area contributed by atoms with Crippen molar-refractivity contribution < 1.29 is 9.32 Å². The first-order valence-electron chi connectivity index (χ1n) is 8.39. The fourth-order valence-electron chi connectivity index (χ4n) is 2.75. The van der Waals surface area contributed by atoms with Crippen LogP contribution in [0.3, 0.4) is 0 Å². The molecule has 0 aliphatic carbocycles.